The molecule has 0 amide bonds. The van der Waals surface area contributed by atoms with Crippen LogP contribution in [0.4, 0.5) is 35.1 Å². The molecule has 0 aliphatic rings. The molecule has 1 aromatic heterocycles. The Bertz CT molecular complexity index is 1670. The van der Waals surface area contributed by atoms with Gasteiger partial charge in [-0.1, -0.05) is 30.3 Å². The minimum Gasteiger partial charge on any atom is -0.484 e. The second-order valence-corrected chi connectivity index (χ2v) is 12.6. The molecular formula is C31H34F8N2O8. The molecule has 0 saturated carbocycles. The molecule has 272 valence electrons. The van der Waals surface area contributed by atoms with Gasteiger partial charge in [0.05, 0.1) is 11.0 Å². The molecular weight excluding hydrogens is 680 g/mol. The van der Waals surface area contributed by atoms with Crippen molar-refractivity contribution >= 4 is 16.9 Å². The molecule has 49 heavy (non-hydrogen) atoms. The number of alkyl halides is 8. The third-order valence-electron chi connectivity index (χ3n) is 7.03. The van der Waals surface area contributed by atoms with Crippen molar-refractivity contribution in [3.05, 3.63) is 65.0 Å². The molecule has 0 spiro atoms. The van der Waals surface area contributed by atoms with Gasteiger partial charge >= 0.3 is 36.4 Å². The van der Waals surface area contributed by atoms with Gasteiger partial charge in [0.2, 0.25) is 0 Å². The number of fused-ring (bicyclic) bond motifs is 1. The van der Waals surface area contributed by atoms with Crippen molar-refractivity contribution in [3.63, 3.8) is 0 Å². The molecule has 1 atom stereocenters. The average molecular weight is 715 g/mol. The van der Waals surface area contributed by atoms with Crippen molar-refractivity contribution in [1.82, 2.24) is 0 Å². The third-order valence-corrected chi connectivity index (χ3v) is 7.03. The predicted molar refractivity (Wildman–Crippen MR) is 157 cm³/mol. The highest BCUT2D eigenvalue weighted by atomic mass is 19.3. The summed E-state index contributed by atoms with van der Waals surface area (Å²) in [6.45, 7) is 2.63. The van der Waals surface area contributed by atoms with Crippen LogP contribution in [0.3, 0.4) is 0 Å². The molecule has 0 aliphatic carbocycles. The number of benzene rings is 2. The first-order valence-electron chi connectivity index (χ1n) is 14.3. The average Bonchev–Trinajstić information content (AvgIpc) is 2.91. The normalized spacial score (nSPS) is 14.8. The maximum Gasteiger partial charge on any atom is 0.496 e. The second kappa shape index (κ2) is 13.8. The summed E-state index contributed by atoms with van der Waals surface area (Å²) in [6.07, 6.45) is -22.4. The maximum atomic E-state index is 14.2. The molecule has 18 heteroatoms. The highest BCUT2D eigenvalue weighted by Gasteiger charge is 2.57. The smallest absolute Gasteiger partial charge is 0.484 e. The highest BCUT2D eigenvalue weighted by molar-refractivity contribution is 5.82. The van der Waals surface area contributed by atoms with Gasteiger partial charge in [0, 0.05) is 22.5 Å². The fourth-order valence-electron chi connectivity index (χ4n) is 4.54. The van der Waals surface area contributed by atoms with Crippen LogP contribution in [0.1, 0.15) is 41.0 Å². The van der Waals surface area contributed by atoms with Gasteiger partial charge in [-0.25, -0.2) is 19.0 Å². The summed E-state index contributed by atoms with van der Waals surface area (Å²) < 4.78 is 135. The van der Waals surface area contributed by atoms with Crippen LogP contribution in [0, 0.1) is 5.41 Å². The lowest BCUT2D eigenvalue weighted by Gasteiger charge is -2.43. The molecule has 0 bridgehead atoms. The summed E-state index contributed by atoms with van der Waals surface area (Å²) in [4.78, 5) is 25.1. The van der Waals surface area contributed by atoms with Crippen molar-refractivity contribution in [2.45, 2.75) is 76.9 Å². The van der Waals surface area contributed by atoms with Crippen LogP contribution in [0.15, 0.2) is 63.8 Å². The fraction of sp³-hybridized carbons (Fsp3) is 0.484. The first kappa shape index (κ1) is 39.6. The Kier molecular flexibility index (Phi) is 11.2. The Labute approximate surface area is 274 Å². The Balaban J connectivity index is 1.61. The van der Waals surface area contributed by atoms with Crippen LogP contribution in [0.25, 0.3) is 22.1 Å². The summed E-state index contributed by atoms with van der Waals surface area (Å²) in [6, 6.07) is 13.2. The van der Waals surface area contributed by atoms with Crippen LogP contribution < -0.4 is 21.8 Å². The van der Waals surface area contributed by atoms with E-state index in [-0.39, 0.29) is 17.6 Å². The van der Waals surface area contributed by atoms with Gasteiger partial charge in [0.25, 0.3) is 0 Å². The summed E-state index contributed by atoms with van der Waals surface area (Å²) in [5.74, 6) is -1.85. The number of ether oxygens (including phenoxy) is 5. The summed E-state index contributed by atoms with van der Waals surface area (Å²) >= 11 is 0. The Morgan fingerprint density at radius 2 is 1.31 bits per heavy atom. The SMILES string of the molecule is CC(C)(N)CC(C)(C(=O)OCC(F)(F)OC(F)(F)OC(F)(F)OC(F)(F)COc1ccc2cc(-c3ccccc3)c(=O)oc2c1)C(C)(C)N. The van der Waals surface area contributed by atoms with E-state index in [1.165, 1.54) is 46.8 Å². The van der Waals surface area contributed by atoms with Crippen molar-refractivity contribution in [2.75, 3.05) is 13.2 Å². The monoisotopic (exact) mass is 714 g/mol. The predicted octanol–water partition coefficient (Wildman–Crippen LogP) is 6.59. The largest absolute Gasteiger partial charge is 0.496 e. The lowest BCUT2D eigenvalue weighted by molar-refractivity contribution is -0.574. The number of esters is 1. The standard InChI is InChI=1S/C31H34F8N2O8/c1-25(2,40)15-27(5,26(3,4)41)24(43)45-17-29(34,35)48-31(38,39)49-30(36,37)47-28(32,33)16-44-20-12-11-19-13-21(18-9-7-6-8-10-18)23(42)46-22(19)14-20/h6-14H,15-17,40-41H2,1-5H3. The molecule has 1 heterocycles. The Hall–Kier alpha value is -3.84. The first-order chi connectivity index (χ1) is 22.1. The minimum absolute atomic E-state index is 0.136. The van der Waals surface area contributed by atoms with Gasteiger partial charge in [-0.3, -0.25) is 4.79 Å². The molecule has 1 unspecified atom stereocenters. The number of hydrogen-bond acceptors (Lipinski definition) is 10. The van der Waals surface area contributed by atoms with Crippen LogP contribution in [0.2, 0.25) is 0 Å². The zero-order valence-electron chi connectivity index (χ0n) is 26.8. The van der Waals surface area contributed by atoms with Gasteiger partial charge < -0.3 is 25.4 Å². The van der Waals surface area contributed by atoms with Gasteiger partial charge in [0.1, 0.15) is 11.3 Å². The molecule has 0 radical (unpaired) electrons. The summed E-state index contributed by atoms with van der Waals surface area (Å²) in [7, 11) is 0. The van der Waals surface area contributed by atoms with Crippen molar-refractivity contribution in [2.24, 2.45) is 16.9 Å². The van der Waals surface area contributed by atoms with E-state index in [0.29, 0.717) is 10.9 Å². The van der Waals surface area contributed by atoms with E-state index in [9.17, 15) is 44.7 Å². The summed E-state index contributed by atoms with van der Waals surface area (Å²) in [5, 5.41) is 0.333. The van der Waals surface area contributed by atoms with Crippen LogP contribution in [-0.4, -0.2) is 55.1 Å². The van der Waals surface area contributed by atoms with Gasteiger partial charge in [-0.15, -0.1) is 17.6 Å². The van der Waals surface area contributed by atoms with E-state index in [0.717, 1.165) is 12.1 Å². The molecule has 3 rings (SSSR count). The van der Waals surface area contributed by atoms with Crippen molar-refractivity contribution in [1.29, 1.82) is 0 Å². The topological polar surface area (TPSA) is 145 Å². The van der Waals surface area contributed by atoms with Gasteiger partial charge in [0.15, 0.2) is 13.2 Å². The molecule has 0 aliphatic heterocycles. The minimum atomic E-state index is -5.97. The van der Waals surface area contributed by atoms with Crippen LogP contribution in [0.5, 0.6) is 5.75 Å². The van der Waals surface area contributed by atoms with Crippen molar-refractivity contribution in [3.8, 4) is 16.9 Å². The van der Waals surface area contributed by atoms with E-state index in [2.05, 4.69) is 18.9 Å². The highest BCUT2D eigenvalue weighted by Crippen LogP contribution is 2.40. The number of carbonyl (C=O) groups is 1. The zero-order chi connectivity index (χ0) is 37.3. The van der Waals surface area contributed by atoms with Crippen LogP contribution >= 0.6 is 0 Å². The van der Waals surface area contributed by atoms with Crippen LogP contribution in [-0.2, 0) is 23.7 Å². The van der Waals surface area contributed by atoms with Gasteiger partial charge in [-0.2, -0.15) is 17.6 Å². The second-order valence-electron chi connectivity index (χ2n) is 12.6. The Morgan fingerprint density at radius 1 is 0.755 bits per heavy atom. The Morgan fingerprint density at radius 3 is 1.84 bits per heavy atom. The molecule has 0 fully saturated rings. The summed E-state index contributed by atoms with van der Waals surface area (Å²) in [5.41, 5.74) is 7.43. The number of nitrogens with two attached hydrogens (primary N) is 2. The molecule has 10 nitrogen and oxygen atoms in total. The number of rotatable bonds is 16. The van der Waals surface area contributed by atoms with E-state index < -0.39 is 71.9 Å². The molecule has 2 aromatic carbocycles. The van der Waals surface area contributed by atoms with E-state index in [4.69, 9.17) is 20.6 Å². The zero-order valence-corrected chi connectivity index (χ0v) is 26.8. The van der Waals surface area contributed by atoms with E-state index in [1.807, 2.05) is 0 Å². The quantitative estimate of drug-likeness (QED) is 0.0722. The molecule has 3 aromatic rings. The number of hydrogen-bond donors (Lipinski definition) is 2. The maximum absolute atomic E-state index is 14.2. The number of halogens is 8. The molecule has 0 saturated heterocycles. The number of carbonyl (C=O) groups excluding carboxylic acids is 1. The molecule has 4 N–H and O–H groups in total. The lowest BCUT2D eigenvalue weighted by atomic mass is 9.67. The van der Waals surface area contributed by atoms with Gasteiger partial charge in [-0.05, 0) is 64.8 Å². The third kappa shape index (κ3) is 11.1. The van der Waals surface area contributed by atoms with Crippen molar-refractivity contribution < 1.29 is 68.0 Å². The fourth-order valence-corrected chi connectivity index (χ4v) is 4.54. The first-order valence-corrected chi connectivity index (χ1v) is 14.3. The van der Waals surface area contributed by atoms with E-state index in [1.54, 1.807) is 30.3 Å². The lowest BCUT2D eigenvalue weighted by Crippen LogP contribution is -2.58. The van der Waals surface area contributed by atoms with E-state index >= 15 is 0 Å².